The van der Waals surface area contributed by atoms with Crippen molar-refractivity contribution in [2.75, 3.05) is 0 Å². The van der Waals surface area contributed by atoms with Crippen molar-refractivity contribution in [3.63, 3.8) is 0 Å². The van der Waals surface area contributed by atoms with Gasteiger partial charge in [-0.2, -0.15) is 0 Å². The first kappa shape index (κ1) is 9.13. The Hall–Kier alpha value is -0.960. The predicted molar refractivity (Wildman–Crippen MR) is 50.4 cm³/mol. The Kier molecular flexibility index (Phi) is 2.76. The maximum absolute atomic E-state index is 5.72. The van der Waals surface area contributed by atoms with Gasteiger partial charge in [-0.3, -0.25) is 5.43 Å². The first-order valence-electron chi connectivity index (χ1n) is 4.30. The van der Waals surface area contributed by atoms with Crippen LogP contribution in [0.5, 0.6) is 0 Å². The summed E-state index contributed by atoms with van der Waals surface area (Å²) in [4.78, 5) is 0. The van der Waals surface area contributed by atoms with Gasteiger partial charge in [-0.1, -0.05) is 20.8 Å². The molecule has 1 rings (SSSR count). The topological polar surface area (TPSA) is 41.3 Å². The molecule has 3 nitrogen and oxygen atoms in total. The minimum absolute atomic E-state index is 0.479. The summed E-state index contributed by atoms with van der Waals surface area (Å²) >= 11 is 0. The second kappa shape index (κ2) is 3.63. The Labute approximate surface area is 73.9 Å². The van der Waals surface area contributed by atoms with Crippen molar-refractivity contribution in [3.05, 3.63) is 24.0 Å². The highest BCUT2D eigenvalue weighted by Crippen LogP contribution is 2.21. The summed E-state index contributed by atoms with van der Waals surface area (Å²) in [6, 6.07) is 0. The van der Waals surface area contributed by atoms with Gasteiger partial charge in [0, 0.05) is 12.1 Å². The summed E-state index contributed by atoms with van der Waals surface area (Å²) in [6.45, 7) is 6.56. The lowest BCUT2D eigenvalue weighted by Crippen LogP contribution is -2.43. The van der Waals surface area contributed by atoms with Crippen LogP contribution in [-0.4, -0.2) is 5.12 Å². The van der Waals surface area contributed by atoms with E-state index in [1.54, 1.807) is 5.12 Å². The van der Waals surface area contributed by atoms with E-state index in [0.717, 1.165) is 5.70 Å². The van der Waals surface area contributed by atoms with Crippen molar-refractivity contribution in [1.82, 2.24) is 10.5 Å². The van der Waals surface area contributed by atoms with Crippen molar-refractivity contribution in [2.24, 2.45) is 17.7 Å². The summed E-state index contributed by atoms with van der Waals surface area (Å²) in [6.07, 6.45) is 5.83. The van der Waals surface area contributed by atoms with Crippen LogP contribution in [-0.2, 0) is 0 Å². The van der Waals surface area contributed by atoms with Gasteiger partial charge in [0.15, 0.2) is 0 Å². The molecule has 1 aliphatic rings. The Morgan fingerprint density at radius 2 is 2.08 bits per heavy atom. The molecule has 3 heteroatoms. The second-order valence-electron chi connectivity index (χ2n) is 3.48. The molecule has 68 valence electrons. The monoisotopic (exact) mass is 167 g/mol. The summed E-state index contributed by atoms with van der Waals surface area (Å²) < 4.78 is 0. The van der Waals surface area contributed by atoms with E-state index in [1.807, 2.05) is 18.4 Å². The molecule has 12 heavy (non-hydrogen) atoms. The SMILES string of the molecule is CC(C)C(C)C1=CC=CNN1N. The lowest BCUT2D eigenvalue weighted by Gasteiger charge is -2.29. The van der Waals surface area contributed by atoms with Crippen LogP contribution in [0.1, 0.15) is 20.8 Å². The molecule has 0 aromatic rings. The number of rotatable bonds is 2. The normalized spacial score (nSPS) is 19.1. The molecule has 0 fully saturated rings. The van der Waals surface area contributed by atoms with Crippen LogP contribution in [0, 0.1) is 11.8 Å². The number of nitrogens with one attached hydrogen (secondary N) is 1. The average molecular weight is 167 g/mol. The number of nitrogens with zero attached hydrogens (tertiary/aromatic N) is 1. The fourth-order valence-electron chi connectivity index (χ4n) is 1.14. The van der Waals surface area contributed by atoms with E-state index in [0.29, 0.717) is 11.8 Å². The molecule has 0 aromatic carbocycles. The molecule has 1 heterocycles. The molecular formula is C9H17N3. The smallest absolute Gasteiger partial charge is 0.0558 e. The number of nitrogens with two attached hydrogens (primary N) is 1. The van der Waals surface area contributed by atoms with E-state index in [9.17, 15) is 0 Å². The molecule has 0 aromatic heterocycles. The number of allylic oxidation sites excluding steroid dienone is 3. The van der Waals surface area contributed by atoms with Gasteiger partial charge in [-0.25, -0.2) is 11.0 Å². The molecule has 0 aliphatic carbocycles. The molecular weight excluding hydrogens is 150 g/mol. The second-order valence-corrected chi connectivity index (χ2v) is 3.48. The van der Waals surface area contributed by atoms with Gasteiger partial charge < -0.3 is 0 Å². The summed E-state index contributed by atoms with van der Waals surface area (Å²) in [5, 5.41) is 1.57. The summed E-state index contributed by atoms with van der Waals surface area (Å²) in [7, 11) is 0. The molecule has 0 saturated heterocycles. The molecule has 0 spiro atoms. The van der Waals surface area contributed by atoms with Crippen LogP contribution in [0.4, 0.5) is 0 Å². The molecule has 1 unspecified atom stereocenters. The first-order chi connectivity index (χ1) is 5.63. The molecule has 0 amide bonds. The highest BCUT2D eigenvalue weighted by atomic mass is 15.7. The Morgan fingerprint density at radius 3 is 2.58 bits per heavy atom. The molecule has 3 N–H and O–H groups in total. The predicted octanol–water partition coefficient (Wildman–Crippen LogP) is 1.37. The minimum Gasteiger partial charge on any atom is -0.292 e. The zero-order valence-electron chi connectivity index (χ0n) is 7.91. The lowest BCUT2D eigenvalue weighted by molar-refractivity contribution is 0.239. The van der Waals surface area contributed by atoms with Crippen molar-refractivity contribution in [1.29, 1.82) is 0 Å². The maximum Gasteiger partial charge on any atom is 0.0558 e. The summed E-state index contributed by atoms with van der Waals surface area (Å²) in [5.74, 6) is 6.81. The number of hydrogen-bond acceptors (Lipinski definition) is 3. The fraction of sp³-hybridized carbons (Fsp3) is 0.556. The van der Waals surface area contributed by atoms with Gasteiger partial charge in [-0.05, 0) is 18.1 Å². The minimum atomic E-state index is 0.479. The summed E-state index contributed by atoms with van der Waals surface area (Å²) in [5.41, 5.74) is 4.06. The van der Waals surface area contributed by atoms with Gasteiger partial charge in [-0.15, -0.1) is 0 Å². The first-order valence-corrected chi connectivity index (χ1v) is 4.30. The quantitative estimate of drug-likeness (QED) is 0.610. The van der Waals surface area contributed by atoms with Crippen LogP contribution in [0.2, 0.25) is 0 Å². The lowest BCUT2D eigenvalue weighted by atomic mass is 9.94. The van der Waals surface area contributed by atoms with E-state index in [4.69, 9.17) is 5.84 Å². The van der Waals surface area contributed by atoms with Gasteiger partial charge in [0.05, 0.1) is 5.70 Å². The highest BCUT2D eigenvalue weighted by Gasteiger charge is 2.17. The van der Waals surface area contributed by atoms with Crippen LogP contribution >= 0.6 is 0 Å². The zero-order chi connectivity index (χ0) is 9.14. The van der Waals surface area contributed by atoms with Crippen molar-refractivity contribution >= 4 is 0 Å². The van der Waals surface area contributed by atoms with E-state index in [1.165, 1.54) is 0 Å². The van der Waals surface area contributed by atoms with E-state index >= 15 is 0 Å². The molecule has 0 radical (unpaired) electrons. The van der Waals surface area contributed by atoms with Crippen LogP contribution in [0.3, 0.4) is 0 Å². The van der Waals surface area contributed by atoms with Crippen LogP contribution in [0.15, 0.2) is 24.0 Å². The Balaban J connectivity index is 2.71. The third-order valence-electron chi connectivity index (χ3n) is 2.32. The Morgan fingerprint density at radius 1 is 1.42 bits per heavy atom. The largest absolute Gasteiger partial charge is 0.292 e. The zero-order valence-corrected chi connectivity index (χ0v) is 7.91. The third kappa shape index (κ3) is 1.80. The van der Waals surface area contributed by atoms with Crippen LogP contribution in [0.25, 0.3) is 0 Å². The number of hydrogen-bond donors (Lipinski definition) is 2. The van der Waals surface area contributed by atoms with Crippen molar-refractivity contribution in [2.45, 2.75) is 20.8 Å². The van der Waals surface area contributed by atoms with Gasteiger partial charge in [0.2, 0.25) is 0 Å². The van der Waals surface area contributed by atoms with Crippen molar-refractivity contribution < 1.29 is 0 Å². The van der Waals surface area contributed by atoms with Gasteiger partial charge in [0.25, 0.3) is 0 Å². The fourth-order valence-corrected chi connectivity index (χ4v) is 1.14. The average Bonchev–Trinajstić information content (AvgIpc) is 2.04. The molecule has 0 saturated carbocycles. The third-order valence-corrected chi connectivity index (χ3v) is 2.32. The molecule has 1 aliphatic heterocycles. The molecule has 0 bridgehead atoms. The highest BCUT2D eigenvalue weighted by molar-refractivity contribution is 5.16. The van der Waals surface area contributed by atoms with E-state index in [-0.39, 0.29) is 0 Å². The van der Waals surface area contributed by atoms with Gasteiger partial charge in [0.1, 0.15) is 0 Å². The standard InChI is InChI=1S/C9H17N3/c1-7(2)8(3)9-5-4-6-11-12(9)10/h4-8,11H,10H2,1-3H3. The van der Waals surface area contributed by atoms with Gasteiger partial charge >= 0.3 is 0 Å². The Bertz CT molecular complexity index is 206. The number of hydrazine groups is 2. The van der Waals surface area contributed by atoms with Crippen molar-refractivity contribution in [3.8, 4) is 0 Å². The maximum atomic E-state index is 5.72. The van der Waals surface area contributed by atoms with E-state index < -0.39 is 0 Å². The molecule has 1 atom stereocenters. The van der Waals surface area contributed by atoms with Crippen LogP contribution < -0.4 is 11.3 Å². The van der Waals surface area contributed by atoms with E-state index in [2.05, 4.69) is 26.2 Å².